The molecule has 0 aliphatic heterocycles. The van der Waals surface area contributed by atoms with Crippen molar-refractivity contribution in [3.05, 3.63) is 35.8 Å². The summed E-state index contributed by atoms with van der Waals surface area (Å²) in [7, 11) is 0. The van der Waals surface area contributed by atoms with Gasteiger partial charge in [-0.2, -0.15) is 0 Å². The lowest BCUT2D eigenvalue weighted by molar-refractivity contribution is 0.0519. The molecule has 0 saturated carbocycles. The number of pyridine rings is 2. The predicted octanol–water partition coefficient (Wildman–Crippen LogP) is 2.37. The smallest absolute Gasteiger partial charge is 0.356 e. The van der Waals surface area contributed by atoms with Gasteiger partial charge in [0.25, 0.3) is 0 Å². The Kier molecular flexibility index (Phi) is 3.32. The molecule has 2 heterocycles. The van der Waals surface area contributed by atoms with Crippen LogP contribution in [0.25, 0.3) is 10.9 Å². The van der Waals surface area contributed by atoms with Gasteiger partial charge in [0.1, 0.15) is 5.69 Å². The number of ether oxygens (including phenoxy) is 1. The van der Waals surface area contributed by atoms with E-state index in [1.165, 1.54) is 0 Å². The van der Waals surface area contributed by atoms with Gasteiger partial charge >= 0.3 is 5.97 Å². The first-order valence-electron chi connectivity index (χ1n) is 5.68. The first-order chi connectivity index (χ1) is 8.26. The van der Waals surface area contributed by atoms with E-state index < -0.39 is 0 Å². The molecule has 0 atom stereocenters. The fourth-order valence-electron chi connectivity index (χ4n) is 1.71. The van der Waals surface area contributed by atoms with Crippen LogP contribution in [0, 0.1) is 0 Å². The normalized spacial score (nSPS) is 10.5. The van der Waals surface area contributed by atoms with Gasteiger partial charge in [-0.3, -0.25) is 4.98 Å². The summed E-state index contributed by atoms with van der Waals surface area (Å²) in [6.07, 6.45) is 2.47. The molecule has 0 bridgehead atoms. The zero-order valence-electron chi connectivity index (χ0n) is 9.93. The number of carbonyl (C=O) groups is 1. The van der Waals surface area contributed by atoms with Crippen LogP contribution >= 0.6 is 0 Å². The first-order valence-corrected chi connectivity index (χ1v) is 5.68. The summed E-state index contributed by atoms with van der Waals surface area (Å²) in [6, 6.07) is 5.49. The molecule has 2 rings (SSSR count). The third kappa shape index (κ3) is 2.25. The minimum absolute atomic E-state index is 0.351. The van der Waals surface area contributed by atoms with Crippen LogP contribution < -0.4 is 0 Å². The number of fused-ring (bicyclic) bond motifs is 1. The summed E-state index contributed by atoms with van der Waals surface area (Å²) in [5, 5.41) is 0.919. The Bertz CT molecular complexity index is 552. The van der Waals surface area contributed by atoms with Gasteiger partial charge in [0.2, 0.25) is 0 Å². The molecule has 2 aromatic heterocycles. The highest BCUT2D eigenvalue weighted by atomic mass is 16.5. The second-order valence-corrected chi connectivity index (χ2v) is 3.60. The molecule has 0 aliphatic carbocycles. The average molecular weight is 230 g/mol. The molecule has 0 unspecified atom stereocenters. The summed E-state index contributed by atoms with van der Waals surface area (Å²) in [5.41, 5.74) is 2.03. The van der Waals surface area contributed by atoms with E-state index in [2.05, 4.69) is 9.97 Å². The lowest BCUT2D eigenvalue weighted by Crippen LogP contribution is -2.09. The quantitative estimate of drug-likeness (QED) is 0.759. The van der Waals surface area contributed by atoms with Crippen molar-refractivity contribution in [3.63, 3.8) is 0 Å². The van der Waals surface area contributed by atoms with Crippen LogP contribution in [0.2, 0.25) is 0 Å². The molecule has 4 heteroatoms. The molecule has 0 aliphatic rings. The number of rotatable bonds is 3. The summed E-state index contributed by atoms with van der Waals surface area (Å²) in [4.78, 5) is 20.2. The molecule has 88 valence electrons. The Labute approximate surface area is 99.7 Å². The van der Waals surface area contributed by atoms with Crippen LogP contribution in [0.4, 0.5) is 0 Å². The molecule has 0 fully saturated rings. The number of aryl methyl sites for hydroxylation is 1. The van der Waals surface area contributed by atoms with Crippen molar-refractivity contribution in [2.75, 3.05) is 6.61 Å². The van der Waals surface area contributed by atoms with Gasteiger partial charge < -0.3 is 4.74 Å². The summed E-state index contributed by atoms with van der Waals surface area (Å²) >= 11 is 0. The molecule has 2 aromatic rings. The molecule has 0 amide bonds. The van der Waals surface area contributed by atoms with Crippen molar-refractivity contribution in [2.24, 2.45) is 0 Å². The van der Waals surface area contributed by atoms with E-state index in [0.29, 0.717) is 12.3 Å². The van der Waals surface area contributed by atoms with Crippen LogP contribution in [0.3, 0.4) is 0 Å². The Morgan fingerprint density at radius 2 is 2.24 bits per heavy atom. The third-order valence-corrected chi connectivity index (χ3v) is 2.48. The van der Waals surface area contributed by atoms with Crippen molar-refractivity contribution in [3.8, 4) is 0 Å². The predicted molar refractivity (Wildman–Crippen MR) is 64.9 cm³/mol. The molecular formula is C13H14N2O2. The zero-order chi connectivity index (χ0) is 12.3. The fraction of sp³-hybridized carbons (Fsp3) is 0.308. The number of esters is 1. The zero-order valence-corrected chi connectivity index (χ0v) is 9.93. The number of hydrogen-bond donors (Lipinski definition) is 0. The van der Waals surface area contributed by atoms with E-state index in [4.69, 9.17) is 4.74 Å². The molecule has 4 nitrogen and oxygen atoms in total. The monoisotopic (exact) mass is 230 g/mol. The molecule has 0 N–H and O–H groups in total. The minimum atomic E-state index is -0.382. The molecule has 17 heavy (non-hydrogen) atoms. The van der Waals surface area contributed by atoms with Gasteiger partial charge in [-0.1, -0.05) is 13.0 Å². The summed E-state index contributed by atoms with van der Waals surface area (Å²) in [5.74, 6) is -0.382. The van der Waals surface area contributed by atoms with Gasteiger partial charge in [0.05, 0.1) is 17.8 Å². The minimum Gasteiger partial charge on any atom is -0.461 e. The van der Waals surface area contributed by atoms with E-state index >= 15 is 0 Å². The summed E-state index contributed by atoms with van der Waals surface area (Å²) < 4.78 is 4.95. The SMILES string of the molecule is CCOC(=O)c1cc2cccnc2c(CC)n1. The lowest BCUT2D eigenvalue weighted by atomic mass is 10.1. The molecule has 0 spiro atoms. The van der Waals surface area contributed by atoms with Crippen LogP contribution in [0.1, 0.15) is 30.0 Å². The van der Waals surface area contributed by atoms with Crippen LogP contribution in [-0.4, -0.2) is 22.5 Å². The van der Waals surface area contributed by atoms with Crippen molar-refractivity contribution in [1.82, 2.24) is 9.97 Å². The van der Waals surface area contributed by atoms with Crippen molar-refractivity contribution in [2.45, 2.75) is 20.3 Å². The topological polar surface area (TPSA) is 52.1 Å². The van der Waals surface area contributed by atoms with Crippen LogP contribution in [-0.2, 0) is 11.2 Å². The van der Waals surface area contributed by atoms with Crippen LogP contribution in [0.15, 0.2) is 24.4 Å². The number of carbonyl (C=O) groups excluding carboxylic acids is 1. The molecule has 0 saturated heterocycles. The lowest BCUT2D eigenvalue weighted by Gasteiger charge is -2.06. The fourth-order valence-corrected chi connectivity index (χ4v) is 1.71. The average Bonchev–Trinajstić information content (AvgIpc) is 2.37. The van der Waals surface area contributed by atoms with Gasteiger partial charge in [-0.25, -0.2) is 9.78 Å². The van der Waals surface area contributed by atoms with E-state index in [9.17, 15) is 4.79 Å². The highest BCUT2D eigenvalue weighted by Crippen LogP contribution is 2.17. The van der Waals surface area contributed by atoms with E-state index in [-0.39, 0.29) is 5.97 Å². The standard InChI is InChI=1S/C13H14N2O2/c1-3-10-12-9(6-5-7-14-12)8-11(15-10)13(16)17-4-2/h5-8H,3-4H2,1-2H3. The molecular weight excluding hydrogens is 216 g/mol. The van der Waals surface area contributed by atoms with Gasteiger partial charge in [0, 0.05) is 11.6 Å². The highest BCUT2D eigenvalue weighted by molar-refractivity contribution is 5.92. The second kappa shape index (κ2) is 4.91. The Hall–Kier alpha value is -1.97. The Morgan fingerprint density at radius 1 is 1.41 bits per heavy atom. The van der Waals surface area contributed by atoms with E-state index in [0.717, 1.165) is 23.0 Å². The maximum atomic E-state index is 11.7. The Balaban J connectivity index is 2.56. The highest BCUT2D eigenvalue weighted by Gasteiger charge is 2.12. The van der Waals surface area contributed by atoms with Crippen molar-refractivity contribution in [1.29, 1.82) is 0 Å². The van der Waals surface area contributed by atoms with Crippen LogP contribution in [0.5, 0.6) is 0 Å². The van der Waals surface area contributed by atoms with Crippen molar-refractivity contribution < 1.29 is 9.53 Å². The van der Waals surface area contributed by atoms with E-state index in [1.807, 2.05) is 19.1 Å². The molecule has 0 aromatic carbocycles. The van der Waals surface area contributed by atoms with Crippen molar-refractivity contribution >= 4 is 16.9 Å². The van der Waals surface area contributed by atoms with Gasteiger partial charge in [-0.15, -0.1) is 0 Å². The number of nitrogens with zero attached hydrogens (tertiary/aromatic N) is 2. The number of hydrogen-bond acceptors (Lipinski definition) is 4. The maximum absolute atomic E-state index is 11.7. The second-order valence-electron chi connectivity index (χ2n) is 3.60. The number of aromatic nitrogens is 2. The summed E-state index contributed by atoms with van der Waals surface area (Å²) in [6.45, 7) is 4.12. The van der Waals surface area contributed by atoms with E-state index in [1.54, 1.807) is 19.2 Å². The largest absolute Gasteiger partial charge is 0.461 e. The third-order valence-electron chi connectivity index (χ3n) is 2.48. The first kappa shape index (κ1) is 11.5. The maximum Gasteiger partial charge on any atom is 0.356 e. The van der Waals surface area contributed by atoms with Gasteiger partial charge in [0.15, 0.2) is 0 Å². The Morgan fingerprint density at radius 3 is 2.94 bits per heavy atom. The molecule has 0 radical (unpaired) electrons. The van der Waals surface area contributed by atoms with Gasteiger partial charge in [-0.05, 0) is 25.5 Å².